The topological polar surface area (TPSA) is 59.6 Å². The number of methoxy groups -OCH3 is 2. The smallest absolute Gasteiger partial charge is 0.315 e. The number of hydrogen-bond donors (Lipinski definition) is 2. The van der Waals surface area contributed by atoms with Gasteiger partial charge in [0.25, 0.3) is 0 Å². The van der Waals surface area contributed by atoms with Gasteiger partial charge in [-0.15, -0.1) is 0 Å². The van der Waals surface area contributed by atoms with Crippen LogP contribution >= 0.6 is 0 Å². The van der Waals surface area contributed by atoms with Crippen molar-refractivity contribution in [1.82, 2.24) is 10.6 Å². The van der Waals surface area contributed by atoms with Gasteiger partial charge in [-0.1, -0.05) is 0 Å². The molecule has 0 aliphatic heterocycles. The van der Waals surface area contributed by atoms with E-state index in [2.05, 4.69) is 10.6 Å². The third-order valence-corrected chi connectivity index (χ3v) is 2.42. The largest absolute Gasteiger partial charge is 0.497 e. The molecule has 19 heavy (non-hydrogen) atoms. The molecule has 0 radical (unpaired) electrons. The fourth-order valence-corrected chi connectivity index (χ4v) is 1.56. The summed E-state index contributed by atoms with van der Waals surface area (Å²) in [4.78, 5) is 11.7. The Hall–Kier alpha value is -1.91. The molecular weight excluding hydrogens is 244 g/mol. The van der Waals surface area contributed by atoms with Crippen LogP contribution in [0, 0.1) is 0 Å². The average Bonchev–Trinajstić information content (AvgIpc) is 2.34. The van der Waals surface area contributed by atoms with E-state index in [9.17, 15) is 4.79 Å². The van der Waals surface area contributed by atoms with Gasteiger partial charge >= 0.3 is 6.03 Å². The Morgan fingerprint density at radius 2 is 1.89 bits per heavy atom. The monoisotopic (exact) mass is 266 g/mol. The summed E-state index contributed by atoms with van der Waals surface area (Å²) in [5.41, 5.74) is 0.640. The fraction of sp³-hybridized carbons (Fsp3) is 0.500. The zero-order chi connectivity index (χ0) is 14.5. The SMILES string of the molecule is COc1ccc(CNC(=O)NC(C)(C)C)c(OC)c1. The van der Waals surface area contributed by atoms with Crippen LogP contribution in [0.2, 0.25) is 0 Å². The van der Waals surface area contributed by atoms with Crippen molar-refractivity contribution >= 4 is 6.03 Å². The Kier molecular flexibility index (Phi) is 5.03. The van der Waals surface area contributed by atoms with Crippen LogP contribution in [-0.2, 0) is 6.54 Å². The molecule has 0 unspecified atom stereocenters. The Morgan fingerprint density at radius 1 is 1.21 bits per heavy atom. The van der Waals surface area contributed by atoms with Crippen molar-refractivity contribution in [1.29, 1.82) is 0 Å². The molecule has 106 valence electrons. The summed E-state index contributed by atoms with van der Waals surface area (Å²) in [5.74, 6) is 1.41. The maximum atomic E-state index is 11.7. The number of carbonyl (C=O) groups excluding carboxylic acids is 1. The first kappa shape index (κ1) is 15.1. The van der Waals surface area contributed by atoms with E-state index in [-0.39, 0.29) is 11.6 Å². The van der Waals surface area contributed by atoms with E-state index in [0.29, 0.717) is 12.3 Å². The highest BCUT2D eigenvalue weighted by Crippen LogP contribution is 2.24. The molecule has 0 saturated heterocycles. The maximum Gasteiger partial charge on any atom is 0.315 e. The fourth-order valence-electron chi connectivity index (χ4n) is 1.56. The van der Waals surface area contributed by atoms with Crippen LogP contribution in [0.15, 0.2) is 18.2 Å². The highest BCUT2D eigenvalue weighted by molar-refractivity contribution is 5.74. The number of rotatable bonds is 4. The lowest BCUT2D eigenvalue weighted by molar-refractivity contribution is 0.231. The lowest BCUT2D eigenvalue weighted by Crippen LogP contribution is -2.46. The molecule has 0 spiro atoms. The highest BCUT2D eigenvalue weighted by Gasteiger charge is 2.13. The lowest BCUT2D eigenvalue weighted by atomic mass is 10.1. The lowest BCUT2D eigenvalue weighted by Gasteiger charge is -2.21. The molecule has 0 aliphatic rings. The van der Waals surface area contributed by atoms with E-state index in [1.807, 2.05) is 32.9 Å². The number of nitrogens with one attached hydrogen (secondary N) is 2. The summed E-state index contributed by atoms with van der Waals surface area (Å²) in [6.45, 7) is 6.19. The number of carbonyl (C=O) groups is 1. The molecule has 0 fully saturated rings. The predicted octanol–water partition coefficient (Wildman–Crippen LogP) is 2.30. The van der Waals surface area contributed by atoms with Gasteiger partial charge in [0.2, 0.25) is 0 Å². The van der Waals surface area contributed by atoms with Gasteiger partial charge in [-0.25, -0.2) is 4.79 Å². The van der Waals surface area contributed by atoms with Crippen molar-refractivity contribution < 1.29 is 14.3 Å². The van der Waals surface area contributed by atoms with Crippen LogP contribution in [0.5, 0.6) is 11.5 Å². The van der Waals surface area contributed by atoms with Gasteiger partial charge in [-0.05, 0) is 32.9 Å². The van der Waals surface area contributed by atoms with Gasteiger partial charge in [0, 0.05) is 23.7 Å². The van der Waals surface area contributed by atoms with Crippen LogP contribution < -0.4 is 20.1 Å². The van der Waals surface area contributed by atoms with E-state index < -0.39 is 0 Å². The van der Waals surface area contributed by atoms with E-state index in [1.165, 1.54) is 0 Å². The van der Waals surface area contributed by atoms with Crippen LogP contribution in [0.3, 0.4) is 0 Å². The average molecular weight is 266 g/mol. The quantitative estimate of drug-likeness (QED) is 0.879. The molecule has 0 heterocycles. The number of hydrogen-bond acceptors (Lipinski definition) is 3. The summed E-state index contributed by atoms with van der Waals surface area (Å²) in [7, 11) is 3.19. The van der Waals surface area contributed by atoms with Gasteiger partial charge in [-0.2, -0.15) is 0 Å². The molecule has 0 saturated carbocycles. The molecule has 2 amide bonds. The molecule has 0 atom stereocenters. The number of urea groups is 1. The Labute approximate surface area is 114 Å². The van der Waals surface area contributed by atoms with Gasteiger partial charge in [0.15, 0.2) is 0 Å². The zero-order valence-corrected chi connectivity index (χ0v) is 12.2. The van der Waals surface area contributed by atoms with E-state index in [0.717, 1.165) is 11.3 Å². The summed E-state index contributed by atoms with van der Waals surface area (Å²) < 4.78 is 10.4. The summed E-state index contributed by atoms with van der Waals surface area (Å²) in [6, 6.07) is 5.29. The molecule has 5 heteroatoms. The van der Waals surface area contributed by atoms with Crippen molar-refractivity contribution in [2.45, 2.75) is 32.9 Å². The van der Waals surface area contributed by atoms with Gasteiger partial charge in [0.05, 0.1) is 14.2 Å². The van der Waals surface area contributed by atoms with Gasteiger partial charge in [-0.3, -0.25) is 0 Å². The van der Waals surface area contributed by atoms with E-state index >= 15 is 0 Å². The second-order valence-electron chi connectivity index (χ2n) is 5.24. The minimum absolute atomic E-state index is 0.203. The highest BCUT2D eigenvalue weighted by atomic mass is 16.5. The second kappa shape index (κ2) is 6.31. The molecule has 2 N–H and O–H groups in total. The number of benzene rings is 1. The van der Waals surface area contributed by atoms with Crippen LogP contribution in [0.4, 0.5) is 4.79 Å². The zero-order valence-electron chi connectivity index (χ0n) is 12.2. The van der Waals surface area contributed by atoms with E-state index in [1.54, 1.807) is 20.3 Å². The van der Waals surface area contributed by atoms with Crippen molar-refractivity contribution in [2.75, 3.05) is 14.2 Å². The van der Waals surface area contributed by atoms with Crippen molar-refractivity contribution in [3.63, 3.8) is 0 Å². The first-order valence-corrected chi connectivity index (χ1v) is 6.12. The predicted molar refractivity (Wildman–Crippen MR) is 74.7 cm³/mol. The van der Waals surface area contributed by atoms with Crippen molar-refractivity contribution in [3.05, 3.63) is 23.8 Å². The molecule has 1 aromatic carbocycles. The standard InChI is InChI=1S/C14H22N2O3/c1-14(2,3)16-13(17)15-9-10-6-7-11(18-4)8-12(10)19-5/h6-8H,9H2,1-5H3,(H2,15,16,17). The van der Waals surface area contributed by atoms with Gasteiger partial charge in [0.1, 0.15) is 11.5 Å². The third-order valence-electron chi connectivity index (χ3n) is 2.42. The second-order valence-corrected chi connectivity index (χ2v) is 5.24. The Balaban J connectivity index is 2.65. The molecule has 0 bridgehead atoms. The first-order valence-electron chi connectivity index (χ1n) is 6.12. The molecule has 5 nitrogen and oxygen atoms in total. The third kappa shape index (κ3) is 5.07. The Morgan fingerprint density at radius 3 is 2.42 bits per heavy atom. The van der Waals surface area contributed by atoms with Crippen LogP contribution in [-0.4, -0.2) is 25.8 Å². The van der Waals surface area contributed by atoms with Crippen LogP contribution in [0.1, 0.15) is 26.3 Å². The van der Waals surface area contributed by atoms with Crippen molar-refractivity contribution in [2.24, 2.45) is 0 Å². The Bertz CT molecular complexity index is 439. The summed E-state index contributed by atoms with van der Waals surface area (Å²) in [6.07, 6.45) is 0. The molecule has 1 rings (SSSR count). The van der Waals surface area contributed by atoms with E-state index in [4.69, 9.17) is 9.47 Å². The summed E-state index contributed by atoms with van der Waals surface area (Å²) >= 11 is 0. The number of ether oxygens (including phenoxy) is 2. The normalized spacial score (nSPS) is 10.8. The minimum atomic E-state index is -0.256. The minimum Gasteiger partial charge on any atom is -0.497 e. The van der Waals surface area contributed by atoms with Gasteiger partial charge < -0.3 is 20.1 Å². The first-order chi connectivity index (χ1) is 8.85. The molecular formula is C14H22N2O3. The molecule has 0 aliphatic carbocycles. The number of amides is 2. The summed E-state index contributed by atoms with van der Waals surface area (Å²) in [5, 5.41) is 5.63. The molecule has 0 aromatic heterocycles. The molecule has 1 aromatic rings. The van der Waals surface area contributed by atoms with Crippen LogP contribution in [0.25, 0.3) is 0 Å². The maximum absolute atomic E-state index is 11.7. The van der Waals surface area contributed by atoms with Crippen molar-refractivity contribution in [3.8, 4) is 11.5 Å².